The number of carboxylic acids is 1. The fraction of sp³-hybridized carbons (Fsp3) is 0.677. The van der Waals surface area contributed by atoms with E-state index >= 15 is 0 Å². The number of amides is 1. The van der Waals surface area contributed by atoms with E-state index in [-0.39, 0.29) is 47.5 Å². The van der Waals surface area contributed by atoms with Crippen molar-refractivity contribution >= 4 is 34.9 Å². The van der Waals surface area contributed by atoms with Gasteiger partial charge in [0.1, 0.15) is 5.54 Å². The summed E-state index contributed by atoms with van der Waals surface area (Å²) in [6.45, 7) is 8.34. The van der Waals surface area contributed by atoms with E-state index in [0.717, 1.165) is 63.5 Å². The highest BCUT2D eigenvalue weighted by Gasteiger charge is 2.52. The van der Waals surface area contributed by atoms with Crippen molar-refractivity contribution < 1.29 is 32.6 Å². The smallest absolute Gasteiger partial charge is 0.417 e. The third-order valence-electron chi connectivity index (χ3n) is 9.36. The monoisotopic (exact) mass is 622 g/mol. The second-order valence-corrected chi connectivity index (χ2v) is 13.1. The van der Waals surface area contributed by atoms with Crippen LogP contribution in [0, 0.1) is 17.2 Å². The molecule has 1 aromatic rings. The van der Waals surface area contributed by atoms with Crippen LogP contribution in [0.15, 0.2) is 18.2 Å². The van der Waals surface area contributed by atoms with Crippen LogP contribution in [-0.2, 0) is 20.5 Å². The van der Waals surface area contributed by atoms with Crippen LogP contribution in [-0.4, -0.2) is 74.8 Å². The van der Waals surface area contributed by atoms with Crippen LogP contribution in [0.2, 0.25) is 0 Å². The van der Waals surface area contributed by atoms with Gasteiger partial charge >= 0.3 is 12.1 Å². The number of benzene rings is 1. The molecule has 1 aliphatic carbocycles. The molecule has 12 heteroatoms. The van der Waals surface area contributed by atoms with E-state index in [4.69, 9.17) is 27.3 Å². The molecule has 43 heavy (non-hydrogen) atoms. The fourth-order valence-electron chi connectivity index (χ4n) is 7.13. The maximum Gasteiger partial charge on any atom is 0.417 e. The Labute approximate surface area is 256 Å². The predicted molar refractivity (Wildman–Crippen MR) is 159 cm³/mol. The van der Waals surface area contributed by atoms with Crippen LogP contribution >= 0.6 is 12.2 Å². The Bertz CT molecular complexity index is 1250. The van der Waals surface area contributed by atoms with Gasteiger partial charge < -0.3 is 14.7 Å². The number of hydrogen-bond donors (Lipinski definition) is 1. The molecule has 1 unspecified atom stereocenters. The third-order valence-corrected chi connectivity index (χ3v) is 9.74. The maximum atomic E-state index is 13.6. The number of likely N-dealkylation sites (tertiary alicyclic amines) is 1. The lowest BCUT2D eigenvalue weighted by Gasteiger charge is -2.41. The van der Waals surface area contributed by atoms with Crippen molar-refractivity contribution in [3.63, 3.8) is 0 Å². The number of carbonyl (C=O) groups excluding carboxylic acids is 1. The van der Waals surface area contributed by atoms with Crippen molar-refractivity contribution in [3.8, 4) is 6.07 Å². The standard InChI is InChI=1S/C31H41F3N4O4S/c1-19-14-25(15-20(2)36(19)18-27(39)40)42-13-5-6-21-7-10-23(11-8-21)38-29(43)37(28(41)30(38,3)4)24-12-9-22(17-35)26(16-24)31(32,33)34/h9,12,16,19-21,23,25H,5-8,10-11,13-15,18H2,1-4H3,(H,39,40)/t19-,20+,21?,23?,25?. The number of aliphatic carboxylic acids is 1. The molecule has 4 rings (SSSR count). The molecular formula is C31H41F3N4O4S. The first-order valence-electron chi connectivity index (χ1n) is 15.0. The molecule has 1 N–H and O–H groups in total. The molecule has 3 atom stereocenters. The van der Waals surface area contributed by atoms with E-state index in [1.54, 1.807) is 19.9 Å². The number of piperidine rings is 1. The van der Waals surface area contributed by atoms with Gasteiger partial charge in [-0.2, -0.15) is 18.4 Å². The number of anilines is 1. The molecule has 2 aliphatic heterocycles. The molecule has 3 fully saturated rings. The third kappa shape index (κ3) is 7.15. The summed E-state index contributed by atoms with van der Waals surface area (Å²) in [6, 6.07) is 5.16. The number of halogens is 3. The number of nitriles is 1. The molecule has 2 saturated heterocycles. The van der Waals surface area contributed by atoms with Crippen LogP contribution in [0.5, 0.6) is 0 Å². The highest BCUT2D eigenvalue weighted by atomic mass is 32.1. The topological polar surface area (TPSA) is 97.1 Å². The summed E-state index contributed by atoms with van der Waals surface area (Å²) < 4.78 is 47.0. The Morgan fingerprint density at radius 2 is 1.79 bits per heavy atom. The highest BCUT2D eigenvalue weighted by Crippen LogP contribution is 2.41. The van der Waals surface area contributed by atoms with Crippen molar-refractivity contribution in [2.45, 2.75) is 115 Å². The van der Waals surface area contributed by atoms with Crippen molar-refractivity contribution in [1.29, 1.82) is 5.26 Å². The van der Waals surface area contributed by atoms with Gasteiger partial charge in [0, 0.05) is 24.7 Å². The van der Waals surface area contributed by atoms with Crippen LogP contribution in [0.1, 0.15) is 90.2 Å². The van der Waals surface area contributed by atoms with Gasteiger partial charge in [-0.1, -0.05) is 0 Å². The summed E-state index contributed by atoms with van der Waals surface area (Å²) in [6.07, 6.45) is 2.59. The van der Waals surface area contributed by atoms with E-state index in [2.05, 4.69) is 13.8 Å². The summed E-state index contributed by atoms with van der Waals surface area (Å²) in [5.74, 6) is -0.668. The number of thiocarbonyl (C=S) groups is 1. The minimum Gasteiger partial charge on any atom is -0.480 e. The SMILES string of the molecule is C[C@@H]1CC(OCCCC2CCC(N3C(=S)N(c4ccc(C#N)c(C(F)(F)F)c4)C(=O)C3(C)C)CC2)C[C@H](C)N1CC(=O)O. The van der Waals surface area contributed by atoms with Crippen LogP contribution in [0.4, 0.5) is 18.9 Å². The normalized spacial score (nSPS) is 28.3. The van der Waals surface area contributed by atoms with E-state index < -0.39 is 28.8 Å². The average molecular weight is 623 g/mol. The summed E-state index contributed by atoms with van der Waals surface area (Å²) in [5, 5.41) is 18.5. The lowest BCUT2D eigenvalue weighted by atomic mass is 9.82. The molecule has 0 aromatic heterocycles. The summed E-state index contributed by atoms with van der Waals surface area (Å²) >= 11 is 5.71. The molecule has 1 aromatic carbocycles. The molecule has 1 amide bonds. The van der Waals surface area contributed by atoms with Crippen molar-refractivity contribution in [1.82, 2.24) is 9.80 Å². The Kier molecular flexibility index (Phi) is 10.1. The van der Waals surface area contributed by atoms with Crippen molar-refractivity contribution in [3.05, 3.63) is 29.3 Å². The molecule has 0 bridgehead atoms. The van der Waals surface area contributed by atoms with E-state index in [1.165, 1.54) is 11.0 Å². The van der Waals surface area contributed by atoms with Gasteiger partial charge in [-0.15, -0.1) is 0 Å². The number of hydrogen-bond acceptors (Lipinski definition) is 6. The van der Waals surface area contributed by atoms with Crippen LogP contribution in [0.25, 0.3) is 0 Å². The molecular weight excluding hydrogens is 581 g/mol. The van der Waals surface area contributed by atoms with Gasteiger partial charge in [-0.05, 0) is 115 Å². The van der Waals surface area contributed by atoms with E-state index in [9.17, 15) is 22.8 Å². The lowest BCUT2D eigenvalue weighted by molar-refractivity contribution is -0.141. The van der Waals surface area contributed by atoms with Crippen molar-refractivity contribution in [2.75, 3.05) is 18.1 Å². The zero-order valence-corrected chi connectivity index (χ0v) is 26.0. The largest absolute Gasteiger partial charge is 0.480 e. The Morgan fingerprint density at radius 3 is 2.35 bits per heavy atom. The summed E-state index contributed by atoms with van der Waals surface area (Å²) in [4.78, 5) is 29.7. The average Bonchev–Trinajstić information content (AvgIpc) is 3.11. The van der Waals surface area contributed by atoms with E-state index in [0.29, 0.717) is 12.5 Å². The molecule has 0 spiro atoms. The fourth-order valence-corrected chi connectivity index (χ4v) is 7.70. The summed E-state index contributed by atoms with van der Waals surface area (Å²) in [5.41, 5.74) is -2.58. The number of alkyl halides is 3. The molecule has 8 nitrogen and oxygen atoms in total. The Morgan fingerprint density at radius 1 is 1.16 bits per heavy atom. The van der Waals surface area contributed by atoms with Gasteiger partial charge in [0.25, 0.3) is 5.91 Å². The molecule has 0 radical (unpaired) electrons. The second-order valence-electron chi connectivity index (χ2n) is 12.7. The first kappa shape index (κ1) is 33.1. The molecule has 236 valence electrons. The maximum absolute atomic E-state index is 13.6. The predicted octanol–water partition coefficient (Wildman–Crippen LogP) is 5.97. The molecule has 3 aliphatic rings. The van der Waals surface area contributed by atoms with Gasteiger partial charge in [0.15, 0.2) is 5.11 Å². The van der Waals surface area contributed by atoms with Crippen LogP contribution < -0.4 is 4.90 Å². The Balaban J connectivity index is 1.29. The van der Waals surface area contributed by atoms with Crippen molar-refractivity contribution in [2.24, 2.45) is 5.92 Å². The van der Waals surface area contributed by atoms with Gasteiger partial charge in [-0.25, -0.2) is 0 Å². The van der Waals surface area contributed by atoms with Gasteiger partial charge in [0.05, 0.1) is 35.5 Å². The van der Waals surface area contributed by atoms with Crippen LogP contribution in [0.3, 0.4) is 0 Å². The first-order chi connectivity index (χ1) is 20.1. The highest BCUT2D eigenvalue weighted by molar-refractivity contribution is 7.80. The zero-order valence-electron chi connectivity index (χ0n) is 25.2. The molecule has 2 heterocycles. The van der Waals surface area contributed by atoms with E-state index in [1.807, 2.05) is 9.80 Å². The van der Waals surface area contributed by atoms with Gasteiger partial charge in [0.2, 0.25) is 0 Å². The summed E-state index contributed by atoms with van der Waals surface area (Å²) in [7, 11) is 0. The minimum atomic E-state index is -4.74. The zero-order chi connectivity index (χ0) is 31.7. The number of nitrogens with zero attached hydrogens (tertiary/aromatic N) is 4. The number of rotatable bonds is 9. The number of ether oxygens (including phenoxy) is 1. The second kappa shape index (κ2) is 13.1. The minimum absolute atomic E-state index is 0.00313. The first-order valence-corrected chi connectivity index (χ1v) is 15.4. The Hall–Kier alpha value is -2.75. The lowest BCUT2D eigenvalue weighted by Crippen LogP contribution is -2.51. The number of carboxylic acid groups (broad SMARTS) is 1. The molecule has 1 saturated carbocycles. The van der Waals surface area contributed by atoms with Gasteiger partial charge in [-0.3, -0.25) is 19.4 Å². The number of carbonyl (C=O) groups is 2. The quantitative estimate of drug-likeness (QED) is 0.266.